The van der Waals surface area contributed by atoms with E-state index in [2.05, 4.69) is 39.0 Å². The van der Waals surface area contributed by atoms with Gasteiger partial charge in [-0.1, -0.05) is 13.0 Å². The van der Waals surface area contributed by atoms with E-state index in [4.69, 9.17) is 10.5 Å². The molecular formula is C15H25NOS. The summed E-state index contributed by atoms with van der Waals surface area (Å²) in [6, 6.07) is 6.35. The maximum absolute atomic E-state index is 5.76. The Labute approximate surface area is 115 Å². The van der Waals surface area contributed by atoms with Gasteiger partial charge in [-0.25, -0.2) is 0 Å². The molecule has 0 saturated carbocycles. The second-order valence-corrected chi connectivity index (χ2v) is 6.09. The van der Waals surface area contributed by atoms with Crippen molar-refractivity contribution < 1.29 is 4.74 Å². The van der Waals surface area contributed by atoms with Crippen molar-refractivity contribution in [2.24, 2.45) is 11.7 Å². The lowest BCUT2D eigenvalue weighted by atomic mass is 10.1. The second-order valence-electron chi connectivity index (χ2n) is 4.94. The highest BCUT2D eigenvalue weighted by atomic mass is 32.2. The molecule has 2 nitrogen and oxygen atoms in total. The number of rotatable bonds is 8. The predicted molar refractivity (Wildman–Crippen MR) is 81.6 cm³/mol. The molecule has 1 aromatic carbocycles. The SMILES string of the molecule is Cc1cc(C)cc(OCCCSCC(C)CN)c1. The van der Waals surface area contributed by atoms with E-state index in [0.717, 1.165) is 36.8 Å². The Kier molecular flexibility index (Phi) is 7.21. The Hall–Kier alpha value is -0.670. The molecule has 3 heteroatoms. The Morgan fingerprint density at radius 3 is 2.50 bits per heavy atom. The standard InChI is InChI=1S/C15H25NOS/c1-12-7-13(2)9-15(8-12)17-5-4-6-18-11-14(3)10-16/h7-9,14H,4-6,10-11,16H2,1-3H3. The molecule has 0 heterocycles. The summed E-state index contributed by atoms with van der Waals surface area (Å²) >= 11 is 1.97. The van der Waals surface area contributed by atoms with Crippen LogP contribution >= 0.6 is 11.8 Å². The van der Waals surface area contributed by atoms with Crippen LogP contribution in [0.1, 0.15) is 24.5 Å². The van der Waals surface area contributed by atoms with Crippen molar-refractivity contribution >= 4 is 11.8 Å². The molecule has 1 rings (SSSR count). The van der Waals surface area contributed by atoms with Crippen molar-refractivity contribution in [3.05, 3.63) is 29.3 Å². The lowest BCUT2D eigenvalue weighted by Crippen LogP contribution is -2.13. The topological polar surface area (TPSA) is 35.2 Å². The minimum atomic E-state index is 0.621. The predicted octanol–water partition coefficient (Wildman–Crippen LogP) is 3.40. The summed E-state index contributed by atoms with van der Waals surface area (Å²) < 4.78 is 5.76. The number of nitrogens with two attached hydrogens (primary N) is 1. The van der Waals surface area contributed by atoms with E-state index in [0.29, 0.717) is 5.92 Å². The van der Waals surface area contributed by atoms with Crippen molar-refractivity contribution in [1.82, 2.24) is 0 Å². The van der Waals surface area contributed by atoms with Gasteiger partial charge in [0.05, 0.1) is 6.61 Å². The van der Waals surface area contributed by atoms with Gasteiger partial charge in [0, 0.05) is 0 Å². The van der Waals surface area contributed by atoms with Gasteiger partial charge in [-0.3, -0.25) is 0 Å². The number of hydrogen-bond acceptors (Lipinski definition) is 3. The minimum Gasteiger partial charge on any atom is -0.494 e. The van der Waals surface area contributed by atoms with Crippen molar-refractivity contribution in [3.63, 3.8) is 0 Å². The molecule has 0 spiro atoms. The van der Waals surface area contributed by atoms with E-state index in [-0.39, 0.29) is 0 Å². The second kappa shape index (κ2) is 8.44. The van der Waals surface area contributed by atoms with E-state index in [1.165, 1.54) is 11.1 Å². The van der Waals surface area contributed by atoms with Crippen LogP contribution in [0.2, 0.25) is 0 Å². The van der Waals surface area contributed by atoms with E-state index in [1.807, 2.05) is 11.8 Å². The molecule has 0 bridgehead atoms. The van der Waals surface area contributed by atoms with E-state index < -0.39 is 0 Å². The third-order valence-electron chi connectivity index (χ3n) is 2.70. The van der Waals surface area contributed by atoms with Crippen molar-refractivity contribution in [3.8, 4) is 5.75 Å². The average Bonchev–Trinajstić information content (AvgIpc) is 2.32. The highest BCUT2D eigenvalue weighted by Crippen LogP contribution is 2.16. The van der Waals surface area contributed by atoms with Crippen LogP contribution in [0, 0.1) is 19.8 Å². The summed E-state index contributed by atoms with van der Waals surface area (Å²) in [5.41, 5.74) is 8.10. The molecule has 0 aliphatic carbocycles. The summed E-state index contributed by atoms with van der Waals surface area (Å²) in [5.74, 6) is 3.91. The molecule has 0 aliphatic heterocycles. The normalized spacial score (nSPS) is 12.4. The molecule has 18 heavy (non-hydrogen) atoms. The molecule has 1 atom stereocenters. The lowest BCUT2D eigenvalue weighted by molar-refractivity contribution is 0.318. The molecular weight excluding hydrogens is 242 g/mol. The molecule has 0 fully saturated rings. The van der Waals surface area contributed by atoms with Crippen LogP contribution in [0.25, 0.3) is 0 Å². The van der Waals surface area contributed by atoms with Crippen LogP contribution in [-0.4, -0.2) is 24.7 Å². The maximum atomic E-state index is 5.76. The van der Waals surface area contributed by atoms with E-state index >= 15 is 0 Å². The zero-order valence-corrected chi connectivity index (χ0v) is 12.6. The highest BCUT2D eigenvalue weighted by molar-refractivity contribution is 7.99. The first kappa shape index (κ1) is 15.4. The van der Waals surface area contributed by atoms with Gasteiger partial charge < -0.3 is 10.5 Å². The van der Waals surface area contributed by atoms with E-state index in [9.17, 15) is 0 Å². The number of thioether (sulfide) groups is 1. The average molecular weight is 267 g/mol. The summed E-state index contributed by atoms with van der Waals surface area (Å²) in [4.78, 5) is 0. The van der Waals surface area contributed by atoms with Crippen molar-refractivity contribution in [2.45, 2.75) is 27.2 Å². The summed E-state index contributed by atoms with van der Waals surface area (Å²) in [6.07, 6.45) is 1.09. The van der Waals surface area contributed by atoms with Gasteiger partial charge in [-0.15, -0.1) is 0 Å². The fraction of sp³-hybridized carbons (Fsp3) is 0.600. The van der Waals surface area contributed by atoms with Gasteiger partial charge in [0.15, 0.2) is 0 Å². The molecule has 0 aromatic heterocycles. The number of hydrogen-bond donors (Lipinski definition) is 1. The minimum absolute atomic E-state index is 0.621. The smallest absolute Gasteiger partial charge is 0.119 e. The van der Waals surface area contributed by atoms with Crippen LogP contribution in [0.3, 0.4) is 0 Å². The largest absolute Gasteiger partial charge is 0.494 e. The third kappa shape index (κ3) is 6.31. The fourth-order valence-corrected chi connectivity index (χ4v) is 2.75. The first-order valence-electron chi connectivity index (χ1n) is 6.60. The van der Waals surface area contributed by atoms with E-state index in [1.54, 1.807) is 0 Å². The van der Waals surface area contributed by atoms with Crippen LogP contribution in [-0.2, 0) is 0 Å². The Morgan fingerprint density at radius 2 is 1.89 bits per heavy atom. The third-order valence-corrected chi connectivity index (χ3v) is 4.08. The molecule has 0 saturated heterocycles. The van der Waals surface area contributed by atoms with Crippen LogP contribution < -0.4 is 10.5 Å². The number of ether oxygens (including phenoxy) is 1. The molecule has 0 aliphatic rings. The van der Waals surface area contributed by atoms with Gasteiger partial charge in [0.2, 0.25) is 0 Å². The zero-order valence-electron chi connectivity index (χ0n) is 11.7. The number of aryl methyl sites for hydroxylation is 2. The van der Waals surface area contributed by atoms with Crippen LogP contribution in [0.5, 0.6) is 5.75 Å². The summed E-state index contributed by atoms with van der Waals surface area (Å²) in [5, 5.41) is 0. The monoisotopic (exact) mass is 267 g/mol. The van der Waals surface area contributed by atoms with Crippen molar-refractivity contribution in [2.75, 3.05) is 24.7 Å². The molecule has 0 radical (unpaired) electrons. The summed E-state index contributed by atoms with van der Waals surface area (Å²) in [6.45, 7) is 7.98. The summed E-state index contributed by atoms with van der Waals surface area (Å²) in [7, 11) is 0. The first-order chi connectivity index (χ1) is 8.61. The van der Waals surface area contributed by atoms with Crippen LogP contribution in [0.4, 0.5) is 0 Å². The molecule has 1 aromatic rings. The maximum Gasteiger partial charge on any atom is 0.119 e. The molecule has 2 N–H and O–H groups in total. The Balaban J connectivity index is 2.14. The molecule has 0 amide bonds. The van der Waals surface area contributed by atoms with Gasteiger partial charge in [-0.05, 0) is 67.5 Å². The highest BCUT2D eigenvalue weighted by Gasteiger charge is 2.00. The van der Waals surface area contributed by atoms with Gasteiger partial charge in [0.1, 0.15) is 5.75 Å². The zero-order chi connectivity index (χ0) is 13.4. The fourth-order valence-electron chi connectivity index (χ4n) is 1.72. The Morgan fingerprint density at radius 1 is 1.22 bits per heavy atom. The van der Waals surface area contributed by atoms with Gasteiger partial charge in [0.25, 0.3) is 0 Å². The van der Waals surface area contributed by atoms with Crippen LogP contribution in [0.15, 0.2) is 18.2 Å². The quantitative estimate of drug-likeness (QED) is 0.733. The lowest BCUT2D eigenvalue weighted by Gasteiger charge is -2.09. The number of benzene rings is 1. The Bertz CT molecular complexity index is 334. The van der Waals surface area contributed by atoms with Gasteiger partial charge in [-0.2, -0.15) is 11.8 Å². The first-order valence-corrected chi connectivity index (χ1v) is 7.76. The van der Waals surface area contributed by atoms with Crippen molar-refractivity contribution in [1.29, 1.82) is 0 Å². The molecule has 1 unspecified atom stereocenters. The molecule has 102 valence electrons. The van der Waals surface area contributed by atoms with Gasteiger partial charge >= 0.3 is 0 Å².